The van der Waals surface area contributed by atoms with Crippen molar-refractivity contribution in [1.29, 1.82) is 0 Å². The molecule has 0 aliphatic heterocycles. The van der Waals surface area contributed by atoms with Crippen LogP contribution in [0.1, 0.15) is 91.4 Å². The van der Waals surface area contributed by atoms with Crippen LogP contribution in [0.4, 0.5) is 0 Å². The number of carbonyl (C=O) groups is 1. The zero-order valence-corrected chi connectivity index (χ0v) is 21.6. The van der Waals surface area contributed by atoms with Crippen LogP contribution in [0.3, 0.4) is 0 Å². The summed E-state index contributed by atoms with van der Waals surface area (Å²) < 4.78 is 30.5. The van der Waals surface area contributed by atoms with Crippen LogP contribution in [-0.2, 0) is 14.9 Å². The molecule has 9 atom stereocenters. The fraction of sp³-hybridized carbons (Fsp3) is 0.962. The molecule has 0 aromatic rings. The van der Waals surface area contributed by atoms with Crippen LogP contribution in [0.15, 0.2) is 0 Å². The lowest BCUT2D eigenvalue weighted by atomic mass is 9.44. The molecule has 3 N–H and O–H groups in total. The Balaban J connectivity index is 1.39. The Morgan fingerprint density at radius 1 is 1.09 bits per heavy atom. The van der Waals surface area contributed by atoms with Gasteiger partial charge in [-0.3, -0.25) is 9.35 Å². The molecule has 4 aliphatic rings. The Morgan fingerprint density at radius 2 is 1.85 bits per heavy atom. The van der Waals surface area contributed by atoms with Gasteiger partial charge in [-0.25, -0.2) is 0 Å². The molecule has 0 aromatic carbocycles. The summed E-state index contributed by atoms with van der Waals surface area (Å²) in [6.07, 6.45) is 12.2. The van der Waals surface area contributed by atoms with Gasteiger partial charge in [-0.15, -0.1) is 0 Å². The lowest BCUT2D eigenvalue weighted by Gasteiger charge is -2.62. The second-order valence-electron chi connectivity index (χ2n) is 12.4. The number of rotatable bonds is 7. The van der Waals surface area contributed by atoms with Crippen LogP contribution in [0.2, 0.25) is 0 Å². The van der Waals surface area contributed by atoms with Crippen LogP contribution >= 0.6 is 0 Å². The van der Waals surface area contributed by atoms with E-state index in [0.29, 0.717) is 35.5 Å². The van der Waals surface area contributed by atoms with Crippen molar-refractivity contribution in [2.75, 3.05) is 12.3 Å². The van der Waals surface area contributed by atoms with Crippen LogP contribution in [-0.4, -0.2) is 42.4 Å². The van der Waals surface area contributed by atoms with E-state index in [0.717, 1.165) is 31.1 Å². The second-order valence-corrected chi connectivity index (χ2v) is 13.9. The molecule has 7 heteroatoms. The van der Waals surface area contributed by atoms with Crippen LogP contribution in [0.25, 0.3) is 0 Å². The summed E-state index contributed by atoms with van der Waals surface area (Å²) in [4.78, 5) is 12.2. The summed E-state index contributed by atoms with van der Waals surface area (Å²) >= 11 is 0. The van der Waals surface area contributed by atoms with Crippen molar-refractivity contribution in [3.05, 3.63) is 0 Å². The molecule has 4 rings (SSSR count). The molecule has 6 nitrogen and oxygen atoms in total. The van der Waals surface area contributed by atoms with Gasteiger partial charge in [-0.05, 0) is 97.7 Å². The van der Waals surface area contributed by atoms with E-state index in [4.69, 9.17) is 4.55 Å². The number of hydrogen-bond donors (Lipinski definition) is 3. The van der Waals surface area contributed by atoms with Crippen molar-refractivity contribution in [3.63, 3.8) is 0 Å². The second kappa shape index (κ2) is 9.42. The number of nitrogens with one attached hydrogen (secondary N) is 1. The van der Waals surface area contributed by atoms with Gasteiger partial charge < -0.3 is 10.4 Å². The summed E-state index contributed by atoms with van der Waals surface area (Å²) in [5.74, 6) is 2.96. The van der Waals surface area contributed by atoms with E-state index in [1.807, 2.05) is 0 Å². The van der Waals surface area contributed by atoms with Gasteiger partial charge in [0, 0.05) is 13.0 Å². The molecule has 1 amide bonds. The molecule has 0 aromatic heterocycles. The van der Waals surface area contributed by atoms with Gasteiger partial charge in [0.1, 0.15) is 0 Å². The van der Waals surface area contributed by atoms with E-state index in [2.05, 4.69) is 26.1 Å². The third-order valence-corrected chi connectivity index (χ3v) is 11.7. The molecule has 0 saturated heterocycles. The number of fused-ring (bicyclic) bond motifs is 5. The van der Waals surface area contributed by atoms with Crippen molar-refractivity contribution in [3.8, 4) is 0 Å². The van der Waals surface area contributed by atoms with E-state index in [1.54, 1.807) is 0 Å². The zero-order valence-electron chi connectivity index (χ0n) is 20.8. The van der Waals surface area contributed by atoms with Gasteiger partial charge in [0.2, 0.25) is 5.91 Å². The fourth-order valence-corrected chi connectivity index (χ4v) is 9.55. The standard InChI is InChI=1S/C26H45NO5S/c1-17(7-12-24(29)27-14-15-33(30,31)32)20-10-11-21-19-9-8-18-6-4-5-13-25(18,2)22(19)16-23(28)26(20,21)3/h17-23,28H,4-16H2,1-3H3,(H,27,29)(H,30,31,32)/t17-,18+,19+,20-,21+,22+,23-,25+,26-/m1/s1. The van der Waals surface area contributed by atoms with E-state index in [1.165, 1.54) is 44.9 Å². The quantitative estimate of drug-likeness (QED) is 0.465. The Labute approximate surface area is 200 Å². The highest BCUT2D eigenvalue weighted by molar-refractivity contribution is 7.85. The van der Waals surface area contributed by atoms with E-state index in [9.17, 15) is 18.3 Å². The van der Waals surface area contributed by atoms with Gasteiger partial charge in [0.05, 0.1) is 11.9 Å². The first-order valence-corrected chi connectivity index (χ1v) is 15.0. The number of hydrogen-bond acceptors (Lipinski definition) is 4. The first-order valence-electron chi connectivity index (χ1n) is 13.4. The first kappa shape index (κ1) is 25.4. The predicted molar refractivity (Wildman–Crippen MR) is 129 cm³/mol. The van der Waals surface area contributed by atoms with Crippen LogP contribution < -0.4 is 5.32 Å². The highest BCUT2D eigenvalue weighted by Gasteiger charge is 2.63. The maximum atomic E-state index is 12.2. The Bertz CT molecular complexity index is 831. The Hall–Kier alpha value is -0.660. The minimum atomic E-state index is -4.06. The number of aliphatic hydroxyl groups excluding tert-OH is 1. The van der Waals surface area contributed by atoms with Crippen LogP contribution in [0.5, 0.6) is 0 Å². The Morgan fingerprint density at radius 3 is 2.58 bits per heavy atom. The number of amides is 1. The molecule has 0 radical (unpaired) electrons. The summed E-state index contributed by atoms with van der Waals surface area (Å²) in [7, 11) is -4.06. The van der Waals surface area contributed by atoms with Gasteiger partial charge in [0.15, 0.2) is 0 Å². The monoisotopic (exact) mass is 483 g/mol. The van der Waals surface area contributed by atoms with Gasteiger partial charge in [-0.2, -0.15) is 8.42 Å². The molecule has 190 valence electrons. The smallest absolute Gasteiger partial charge is 0.266 e. The SMILES string of the molecule is C[C@H](CCC(=O)NCCS(=O)(=O)O)[C@H]1CC[C@H]2[C@@H]3CC[C@@H]4CCCC[C@]4(C)[C@H]3C[C@@H](O)[C@]12C. The topological polar surface area (TPSA) is 104 Å². The molecule has 0 unspecified atom stereocenters. The van der Waals surface area contributed by atoms with Crippen LogP contribution in [0, 0.1) is 46.3 Å². The molecule has 33 heavy (non-hydrogen) atoms. The summed E-state index contributed by atoms with van der Waals surface area (Å²) in [5.41, 5.74) is 0.340. The summed E-state index contributed by atoms with van der Waals surface area (Å²) in [6.45, 7) is 7.05. The average molecular weight is 484 g/mol. The van der Waals surface area contributed by atoms with E-state index < -0.39 is 15.9 Å². The van der Waals surface area contributed by atoms with Crippen molar-refractivity contribution >= 4 is 16.0 Å². The molecule has 0 bridgehead atoms. The van der Waals surface area contributed by atoms with Gasteiger partial charge >= 0.3 is 0 Å². The maximum Gasteiger partial charge on any atom is 0.266 e. The van der Waals surface area contributed by atoms with Gasteiger partial charge in [-0.1, -0.05) is 33.6 Å². The van der Waals surface area contributed by atoms with E-state index in [-0.39, 0.29) is 24.0 Å². The zero-order chi connectivity index (χ0) is 24.0. The third kappa shape index (κ3) is 4.75. The van der Waals surface area contributed by atoms with Crippen molar-refractivity contribution < 1.29 is 22.9 Å². The molecule has 4 fully saturated rings. The molecular weight excluding hydrogens is 438 g/mol. The molecule has 0 spiro atoms. The average Bonchev–Trinajstić information content (AvgIpc) is 3.10. The molecular formula is C26H45NO5S. The maximum absolute atomic E-state index is 12.2. The number of carbonyl (C=O) groups excluding carboxylic acids is 1. The Kier molecular flexibility index (Phi) is 7.26. The van der Waals surface area contributed by atoms with E-state index >= 15 is 0 Å². The lowest BCUT2D eigenvalue weighted by Crippen LogP contribution is -2.58. The van der Waals surface area contributed by atoms with Gasteiger partial charge in [0.25, 0.3) is 10.1 Å². The summed E-state index contributed by atoms with van der Waals surface area (Å²) in [6, 6.07) is 0. The minimum Gasteiger partial charge on any atom is -0.393 e. The molecule has 4 aliphatic carbocycles. The third-order valence-electron chi connectivity index (χ3n) is 11.0. The molecule has 4 saturated carbocycles. The summed E-state index contributed by atoms with van der Waals surface area (Å²) in [5, 5.41) is 14.2. The minimum absolute atomic E-state index is 0.0587. The number of aliphatic hydroxyl groups is 1. The lowest BCUT2D eigenvalue weighted by molar-refractivity contribution is -0.168. The van der Waals surface area contributed by atoms with Crippen molar-refractivity contribution in [1.82, 2.24) is 5.32 Å². The fourth-order valence-electron chi connectivity index (χ4n) is 9.19. The largest absolute Gasteiger partial charge is 0.393 e. The normalized spacial score (nSPS) is 43.8. The van der Waals surface area contributed by atoms with Crippen molar-refractivity contribution in [2.24, 2.45) is 46.3 Å². The van der Waals surface area contributed by atoms with Crippen molar-refractivity contribution in [2.45, 2.75) is 97.5 Å². The highest BCUT2D eigenvalue weighted by Crippen LogP contribution is 2.68. The predicted octanol–water partition coefficient (Wildman–Crippen LogP) is 4.43. The highest BCUT2D eigenvalue weighted by atomic mass is 32.2. The first-order chi connectivity index (χ1) is 15.5. The molecule has 0 heterocycles.